The minimum Gasteiger partial charge on any atom is -0.103 e. The largest absolute Gasteiger partial charge is 0.103 e. The van der Waals surface area contributed by atoms with Crippen LogP contribution in [0.15, 0.2) is 24.0 Å². The topological polar surface area (TPSA) is 0 Å². The van der Waals surface area contributed by atoms with Crippen LogP contribution in [0.1, 0.15) is 13.3 Å². The van der Waals surface area contributed by atoms with E-state index in [4.69, 9.17) is 0 Å². The van der Waals surface area contributed by atoms with E-state index in [2.05, 4.69) is 26.2 Å². The molecule has 0 nitrogen and oxygen atoms in total. The summed E-state index contributed by atoms with van der Waals surface area (Å²) in [5.41, 5.74) is 0. The van der Waals surface area contributed by atoms with Crippen molar-refractivity contribution in [1.29, 1.82) is 0 Å². The SMILES string of the molecule is C=CC/C(=C\C)PC. The normalized spacial score (nSPS) is 13.0. The molecule has 0 fully saturated rings. The maximum Gasteiger partial charge on any atom is -0.0102 e. The summed E-state index contributed by atoms with van der Waals surface area (Å²) in [5.74, 6) is 0. The van der Waals surface area contributed by atoms with Gasteiger partial charge < -0.3 is 0 Å². The van der Waals surface area contributed by atoms with E-state index in [0.29, 0.717) is 0 Å². The first-order chi connectivity index (χ1) is 3.85. The van der Waals surface area contributed by atoms with E-state index in [1.165, 1.54) is 5.31 Å². The van der Waals surface area contributed by atoms with Crippen LogP contribution in [0.3, 0.4) is 0 Å². The molecule has 0 aliphatic rings. The maximum atomic E-state index is 3.66. The molecule has 8 heavy (non-hydrogen) atoms. The molecule has 0 aliphatic heterocycles. The molecule has 0 radical (unpaired) electrons. The monoisotopic (exact) mass is 128 g/mol. The Balaban J connectivity index is 3.53. The van der Waals surface area contributed by atoms with Crippen LogP contribution in [0.25, 0.3) is 0 Å². The van der Waals surface area contributed by atoms with Crippen molar-refractivity contribution in [2.45, 2.75) is 13.3 Å². The van der Waals surface area contributed by atoms with Gasteiger partial charge in [0.15, 0.2) is 0 Å². The van der Waals surface area contributed by atoms with Crippen LogP contribution in [0.2, 0.25) is 0 Å². The molecule has 0 bridgehead atoms. The summed E-state index contributed by atoms with van der Waals surface area (Å²) >= 11 is 0. The van der Waals surface area contributed by atoms with E-state index < -0.39 is 0 Å². The highest BCUT2D eigenvalue weighted by Crippen LogP contribution is 2.21. The third-order valence-electron chi connectivity index (χ3n) is 1.03. The number of allylic oxidation sites excluding steroid dienone is 3. The van der Waals surface area contributed by atoms with Gasteiger partial charge in [0.1, 0.15) is 0 Å². The molecule has 1 unspecified atom stereocenters. The molecule has 1 atom stereocenters. The van der Waals surface area contributed by atoms with Crippen molar-refractivity contribution in [1.82, 2.24) is 0 Å². The Kier molecular flexibility index (Phi) is 5.00. The van der Waals surface area contributed by atoms with E-state index in [9.17, 15) is 0 Å². The molecule has 0 aliphatic carbocycles. The van der Waals surface area contributed by atoms with Crippen LogP contribution in [0.4, 0.5) is 0 Å². The summed E-state index contributed by atoms with van der Waals surface area (Å²) in [6, 6.07) is 0. The lowest BCUT2D eigenvalue weighted by atomic mass is 10.4. The molecule has 1 heteroatoms. The van der Waals surface area contributed by atoms with E-state index in [0.717, 1.165) is 15.0 Å². The lowest BCUT2D eigenvalue weighted by Gasteiger charge is -1.95. The van der Waals surface area contributed by atoms with Gasteiger partial charge in [-0.05, 0) is 25.3 Å². The maximum absolute atomic E-state index is 3.66. The summed E-state index contributed by atoms with van der Waals surface area (Å²) in [4.78, 5) is 0. The molecular formula is C7H13P. The van der Waals surface area contributed by atoms with Crippen molar-refractivity contribution in [2.75, 3.05) is 6.66 Å². The Labute approximate surface area is 53.5 Å². The summed E-state index contributed by atoms with van der Waals surface area (Å²) < 4.78 is 0. The van der Waals surface area contributed by atoms with Crippen molar-refractivity contribution in [3.05, 3.63) is 24.0 Å². The Morgan fingerprint density at radius 2 is 2.38 bits per heavy atom. The van der Waals surface area contributed by atoms with Gasteiger partial charge in [-0.15, -0.1) is 6.58 Å². The van der Waals surface area contributed by atoms with E-state index in [1.54, 1.807) is 0 Å². The first-order valence-electron chi connectivity index (χ1n) is 2.79. The van der Waals surface area contributed by atoms with Gasteiger partial charge >= 0.3 is 0 Å². The summed E-state index contributed by atoms with van der Waals surface area (Å²) in [6.45, 7) is 7.93. The van der Waals surface area contributed by atoms with Crippen molar-refractivity contribution in [3.8, 4) is 0 Å². The first-order valence-corrected chi connectivity index (χ1v) is 4.29. The van der Waals surface area contributed by atoms with Crippen LogP contribution in [0.5, 0.6) is 0 Å². The van der Waals surface area contributed by atoms with E-state index in [1.807, 2.05) is 6.08 Å². The second kappa shape index (κ2) is 5.05. The highest BCUT2D eigenvalue weighted by molar-refractivity contribution is 7.42. The fraction of sp³-hybridized carbons (Fsp3) is 0.429. The minimum absolute atomic E-state index is 0.946. The highest BCUT2D eigenvalue weighted by Gasteiger charge is 1.84. The summed E-state index contributed by atoms with van der Waals surface area (Å²) in [5, 5.41) is 1.50. The lowest BCUT2D eigenvalue weighted by molar-refractivity contribution is 1.35. The molecule has 0 saturated heterocycles. The second-order valence-electron chi connectivity index (χ2n) is 1.56. The summed E-state index contributed by atoms with van der Waals surface area (Å²) in [6.07, 6.45) is 5.18. The lowest BCUT2D eigenvalue weighted by Crippen LogP contribution is -1.66. The average molecular weight is 128 g/mol. The summed E-state index contributed by atoms with van der Waals surface area (Å²) in [7, 11) is 0.946. The zero-order valence-electron chi connectivity index (χ0n) is 5.57. The van der Waals surface area contributed by atoms with Crippen LogP contribution in [-0.2, 0) is 0 Å². The van der Waals surface area contributed by atoms with Crippen molar-refractivity contribution < 1.29 is 0 Å². The predicted molar refractivity (Wildman–Crippen MR) is 42.8 cm³/mol. The fourth-order valence-corrected chi connectivity index (χ4v) is 1.16. The molecule has 0 saturated carbocycles. The van der Waals surface area contributed by atoms with Crippen LogP contribution < -0.4 is 0 Å². The van der Waals surface area contributed by atoms with E-state index >= 15 is 0 Å². The van der Waals surface area contributed by atoms with Crippen molar-refractivity contribution >= 4 is 8.58 Å². The predicted octanol–water partition coefficient (Wildman–Crippen LogP) is 2.77. The smallest absolute Gasteiger partial charge is 0.0102 e. The molecule has 46 valence electrons. The Morgan fingerprint density at radius 3 is 2.50 bits per heavy atom. The van der Waals surface area contributed by atoms with Gasteiger partial charge in [0.2, 0.25) is 0 Å². The van der Waals surface area contributed by atoms with Gasteiger partial charge in [0.25, 0.3) is 0 Å². The zero-order valence-corrected chi connectivity index (χ0v) is 6.57. The molecular weight excluding hydrogens is 115 g/mol. The molecule has 0 heterocycles. The average Bonchev–Trinajstić information content (AvgIpc) is 1.83. The first kappa shape index (κ1) is 7.91. The number of hydrogen-bond acceptors (Lipinski definition) is 0. The molecule has 0 aromatic rings. The molecule has 0 spiro atoms. The standard InChI is InChI=1S/C7H13P/c1-4-6-7(5-2)8-3/h4-5,8H,1,6H2,2-3H3/b7-5+. The number of hydrogen-bond donors (Lipinski definition) is 0. The van der Waals surface area contributed by atoms with Crippen molar-refractivity contribution in [2.24, 2.45) is 0 Å². The number of rotatable bonds is 3. The Morgan fingerprint density at radius 1 is 1.75 bits per heavy atom. The van der Waals surface area contributed by atoms with Crippen molar-refractivity contribution in [3.63, 3.8) is 0 Å². The third kappa shape index (κ3) is 2.98. The molecule has 0 amide bonds. The van der Waals surface area contributed by atoms with Crippen LogP contribution in [-0.4, -0.2) is 6.66 Å². The van der Waals surface area contributed by atoms with Gasteiger partial charge in [0.05, 0.1) is 0 Å². The quantitative estimate of drug-likeness (QED) is 0.405. The molecule has 0 aromatic carbocycles. The van der Waals surface area contributed by atoms with Gasteiger partial charge in [-0.25, -0.2) is 0 Å². The van der Waals surface area contributed by atoms with Crippen LogP contribution in [0, 0.1) is 0 Å². The third-order valence-corrected chi connectivity index (χ3v) is 2.17. The Hall–Kier alpha value is -0.0900. The molecule has 0 N–H and O–H groups in total. The fourth-order valence-electron chi connectivity index (χ4n) is 0.520. The minimum atomic E-state index is 0.946. The Bertz CT molecular complexity index is 92.6. The van der Waals surface area contributed by atoms with E-state index in [-0.39, 0.29) is 0 Å². The van der Waals surface area contributed by atoms with Crippen LogP contribution >= 0.6 is 8.58 Å². The van der Waals surface area contributed by atoms with Gasteiger partial charge in [-0.2, -0.15) is 0 Å². The zero-order chi connectivity index (χ0) is 6.41. The molecule has 0 rings (SSSR count). The second-order valence-corrected chi connectivity index (χ2v) is 2.70. The van der Waals surface area contributed by atoms with Gasteiger partial charge in [-0.1, -0.05) is 20.7 Å². The highest BCUT2D eigenvalue weighted by atomic mass is 31.1. The molecule has 0 aromatic heterocycles. The van der Waals surface area contributed by atoms with Gasteiger partial charge in [0, 0.05) is 0 Å². The van der Waals surface area contributed by atoms with Gasteiger partial charge in [-0.3, -0.25) is 0 Å².